The topological polar surface area (TPSA) is 60.9 Å². The van der Waals surface area contributed by atoms with E-state index in [1.54, 1.807) is 4.90 Å². The van der Waals surface area contributed by atoms with Crippen molar-refractivity contribution >= 4 is 28.8 Å². The van der Waals surface area contributed by atoms with Crippen LogP contribution >= 0.6 is 22.9 Å². The third-order valence-corrected chi connectivity index (χ3v) is 7.09. The molecule has 2 aliphatic rings. The second kappa shape index (κ2) is 10.3. The van der Waals surface area contributed by atoms with Gasteiger partial charge in [0.2, 0.25) is 0 Å². The first-order valence-corrected chi connectivity index (χ1v) is 12.8. The summed E-state index contributed by atoms with van der Waals surface area (Å²) in [5.41, 5.74) is 3.31. The van der Waals surface area contributed by atoms with Crippen molar-refractivity contribution in [3.8, 4) is 22.6 Å². The second-order valence-corrected chi connectivity index (χ2v) is 10.1. The number of aryl methyl sites for hydroxylation is 1. The maximum absolute atomic E-state index is 13.1. The Morgan fingerprint density at radius 1 is 1.24 bits per heavy atom. The van der Waals surface area contributed by atoms with Gasteiger partial charge >= 0.3 is 0 Å². The number of halogens is 1. The zero-order valence-electron chi connectivity index (χ0n) is 19.1. The van der Waals surface area contributed by atoms with Crippen molar-refractivity contribution in [2.45, 2.75) is 38.8 Å². The largest absolute Gasteiger partial charge is 0.487 e. The van der Waals surface area contributed by atoms with Crippen LogP contribution in [0.5, 0.6) is 11.5 Å². The minimum atomic E-state index is -0.0907. The SMILES string of the molecule is Cc1nc(C(=O)N2CCOc3c(cc(-c4cccc(Cl)c4)cc3OC[C@@H]3CCCCO3)C2)cs1. The molecule has 6 nitrogen and oxygen atoms in total. The van der Waals surface area contributed by atoms with Gasteiger partial charge in [-0.2, -0.15) is 0 Å². The van der Waals surface area contributed by atoms with Crippen LogP contribution in [0, 0.1) is 6.92 Å². The van der Waals surface area contributed by atoms with Crippen LogP contribution in [0.25, 0.3) is 11.1 Å². The molecule has 178 valence electrons. The lowest BCUT2D eigenvalue weighted by atomic mass is 10.0. The third kappa shape index (κ3) is 5.22. The number of amides is 1. The van der Waals surface area contributed by atoms with Gasteiger partial charge in [-0.15, -0.1) is 11.3 Å². The number of carbonyl (C=O) groups excluding carboxylic acids is 1. The summed E-state index contributed by atoms with van der Waals surface area (Å²) < 4.78 is 18.3. The van der Waals surface area contributed by atoms with Gasteiger partial charge in [0.05, 0.1) is 17.7 Å². The van der Waals surface area contributed by atoms with Gasteiger partial charge in [0, 0.05) is 29.1 Å². The smallest absolute Gasteiger partial charge is 0.273 e. The van der Waals surface area contributed by atoms with Crippen LogP contribution in [0.2, 0.25) is 5.02 Å². The molecule has 0 saturated carbocycles. The van der Waals surface area contributed by atoms with Crippen molar-refractivity contribution in [3.63, 3.8) is 0 Å². The Kier molecular flexibility index (Phi) is 7.04. The molecule has 0 aliphatic carbocycles. The first-order valence-electron chi connectivity index (χ1n) is 11.6. The molecule has 0 N–H and O–H groups in total. The molecule has 34 heavy (non-hydrogen) atoms. The molecule has 3 heterocycles. The summed E-state index contributed by atoms with van der Waals surface area (Å²) in [5.74, 6) is 1.26. The van der Waals surface area contributed by atoms with E-state index in [4.69, 9.17) is 25.8 Å². The van der Waals surface area contributed by atoms with Gasteiger partial charge < -0.3 is 19.1 Å². The van der Waals surface area contributed by atoms with Gasteiger partial charge in [-0.3, -0.25) is 4.79 Å². The number of rotatable bonds is 5. The minimum Gasteiger partial charge on any atom is -0.487 e. The summed E-state index contributed by atoms with van der Waals surface area (Å²) in [6.07, 6.45) is 3.32. The molecule has 0 spiro atoms. The first kappa shape index (κ1) is 23.1. The highest BCUT2D eigenvalue weighted by atomic mass is 35.5. The van der Waals surface area contributed by atoms with Gasteiger partial charge in [-0.05, 0) is 61.6 Å². The lowest BCUT2D eigenvalue weighted by Gasteiger charge is -2.24. The molecule has 0 radical (unpaired) electrons. The van der Waals surface area contributed by atoms with Crippen LogP contribution in [0.1, 0.15) is 40.3 Å². The van der Waals surface area contributed by atoms with Crippen LogP contribution in [-0.4, -0.2) is 48.3 Å². The highest BCUT2D eigenvalue weighted by molar-refractivity contribution is 7.09. The van der Waals surface area contributed by atoms with Crippen molar-refractivity contribution in [1.82, 2.24) is 9.88 Å². The van der Waals surface area contributed by atoms with E-state index in [2.05, 4.69) is 11.1 Å². The molecule has 1 atom stereocenters. The van der Waals surface area contributed by atoms with E-state index in [1.165, 1.54) is 11.3 Å². The molecule has 1 aromatic heterocycles. The lowest BCUT2D eigenvalue weighted by Crippen LogP contribution is -2.32. The number of aromatic nitrogens is 1. The highest BCUT2D eigenvalue weighted by Gasteiger charge is 2.26. The van der Waals surface area contributed by atoms with Crippen molar-refractivity contribution in [1.29, 1.82) is 0 Å². The normalized spacial score (nSPS) is 18.1. The minimum absolute atomic E-state index is 0.0796. The summed E-state index contributed by atoms with van der Waals surface area (Å²) in [7, 11) is 0. The molecular formula is C26H27ClN2O4S. The van der Waals surface area contributed by atoms with Gasteiger partial charge in [-0.1, -0.05) is 23.7 Å². The zero-order valence-corrected chi connectivity index (χ0v) is 20.7. The van der Waals surface area contributed by atoms with Crippen LogP contribution in [-0.2, 0) is 11.3 Å². The van der Waals surface area contributed by atoms with Gasteiger partial charge in [0.25, 0.3) is 5.91 Å². The number of hydrogen-bond donors (Lipinski definition) is 0. The van der Waals surface area contributed by atoms with Crippen LogP contribution in [0.15, 0.2) is 41.8 Å². The molecule has 1 amide bonds. The number of thiazole rings is 1. The fourth-order valence-electron chi connectivity index (χ4n) is 4.34. The molecule has 1 fully saturated rings. The van der Waals surface area contributed by atoms with E-state index in [9.17, 15) is 4.79 Å². The van der Waals surface area contributed by atoms with Crippen molar-refractivity contribution in [2.24, 2.45) is 0 Å². The van der Waals surface area contributed by atoms with E-state index in [0.29, 0.717) is 48.5 Å². The van der Waals surface area contributed by atoms with E-state index >= 15 is 0 Å². The van der Waals surface area contributed by atoms with E-state index in [1.807, 2.05) is 42.6 Å². The number of hydrogen-bond acceptors (Lipinski definition) is 6. The van der Waals surface area contributed by atoms with Crippen molar-refractivity contribution in [2.75, 3.05) is 26.4 Å². The highest BCUT2D eigenvalue weighted by Crippen LogP contribution is 2.39. The molecule has 2 aromatic carbocycles. The molecule has 2 aliphatic heterocycles. The fourth-order valence-corrected chi connectivity index (χ4v) is 5.12. The predicted octanol–water partition coefficient (Wildman–Crippen LogP) is 5.75. The second-order valence-electron chi connectivity index (χ2n) is 8.60. The molecule has 0 unspecified atom stereocenters. The Morgan fingerprint density at radius 3 is 2.91 bits per heavy atom. The van der Waals surface area contributed by atoms with Gasteiger partial charge in [0.1, 0.15) is 18.9 Å². The molecular weight excluding hydrogens is 472 g/mol. The maximum atomic E-state index is 13.1. The molecule has 5 rings (SSSR count). The standard InChI is InChI=1S/C26H27ClN2O4S/c1-17-28-23(16-34-17)26(30)29-8-10-32-25-20(14-29)11-19(18-5-4-6-21(27)12-18)13-24(25)33-15-22-7-2-3-9-31-22/h4-6,11-13,16,22H,2-3,7-10,14-15H2,1H3/t22-/m0/s1. The number of benzene rings is 2. The summed E-state index contributed by atoms with van der Waals surface area (Å²) >= 11 is 7.75. The molecule has 0 bridgehead atoms. The molecule has 8 heteroatoms. The Hall–Kier alpha value is -2.61. The molecule has 1 saturated heterocycles. The number of nitrogens with zero attached hydrogens (tertiary/aromatic N) is 2. The third-order valence-electron chi connectivity index (χ3n) is 6.08. The van der Waals surface area contributed by atoms with Crippen molar-refractivity contribution in [3.05, 3.63) is 63.1 Å². The van der Waals surface area contributed by atoms with Crippen LogP contribution < -0.4 is 9.47 Å². The average Bonchev–Trinajstić information content (AvgIpc) is 3.17. The molecule has 3 aromatic rings. The lowest BCUT2D eigenvalue weighted by molar-refractivity contribution is -0.0115. The predicted molar refractivity (Wildman–Crippen MR) is 133 cm³/mol. The van der Waals surface area contributed by atoms with E-state index in [-0.39, 0.29) is 12.0 Å². The quantitative estimate of drug-likeness (QED) is 0.448. The Labute approximate surface area is 208 Å². The Morgan fingerprint density at radius 2 is 2.15 bits per heavy atom. The summed E-state index contributed by atoms with van der Waals surface area (Å²) in [6, 6.07) is 11.8. The Balaban J connectivity index is 1.47. The van der Waals surface area contributed by atoms with Crippen LogP contribution in [0.3, 0.4) is 0 Å². The number of fused-ring (bicyclic) bond motifs is 1. The first-order chi connectivity index (χ1) is 16.6. The maximum Gasteiger partial charge on any atom is 0.273 e. The fraction of sp³-hybridized carbons (Fsp3) is 0.385. The summed E-state index contributed by atoms with van der Waals surface area (Å²) in [5, 5.41) is 3.35. The summed E-state index contributed by atoms with van der Waals surface area (Å²) in [4.78, 5) is 19.3. The number of ether oxygens (including phenoxy) is 3. The van der Waals surface area contributed by atoms with Gasteiger partial charge in [0.15, 0.2) is 11.5 Å². The zero-order chi connectivity index (χ0) is 23.5. The Bertz CT molecular complexity index is 1180. The number of carbonyl (C=O) groups is 1. The summed E-state index contributed by atoms with van der Waals surface area (Å²) in [6.45, 7) is 4.42. The van der Waals surface area contributed by atoms with E-state index < -0.39 is 0 Å². The van der Waals surface area contributed by atoms with Crippen molar-refractivity contribution < 1.29 is 19.0 Å². The van der Waals surface area contributed by atoms with E-state index in [0.717, 1.165) is 47.6 Å². The van der Waals surface area contributed by atoms with Gasteiger partial charge in [-0.25, -0.2) is 4.98 Å². The average molecular weight is 499 g/mol. The monoisotopic (exact) mass is 498 g/mol. The van der Waals surface area contributed by atoms with Crippen LogP contribution in [0.4, 0.5) is 0 Å².